The molecule has 0 bridgehead atoms. The van der Waals surface area contributed by atoms with Gasteiger partial charge in [0.15, 0.2) is 19.7 Å². The van der Waals surface area contributed by atoms with Crippen molar-refractivity contribution in [2.24, 2.45) is 0 Å². The van der Waals surface area contributed by atoms with Gasteiger partial charge in [0.2, 0.25) is 11.8 Å². The van der Waals surface area contributed by atoms with Crippen LogP contribution in [0.15, 0.2) is 89.0 Å². The van der Waals surface area contributed by atoms with Gasteiger partial charge in [0, 0.05) is 25.5 Å². The second-order valence-corrected chi connectivity index (χ2v) is 18.8. The zero-order chi connectivity index (χ0) is 42.7. The second kappa shape index (κ2) is 17.0. The number of hydrogen-bond donors (Lipinski definition) is 0. The Kier molecular flexibility index (Phi) is 13.1. The first-order valence-electron chi connectivity index (χ1n) is 17.3. The van der Waals surface area contributed by atoms with E-state index in [0.717, 1.165) is 30.3 Å². The predicted octanol–water partition coefficient (Wildman–Crippen LogP) is 8.37. The molecule has 0 N–H and O–H groups in total. The molecule has 0 saturated carbocycles. The number of hydrogen-bond acceptors (Lipinski definition) is 11. The molecule has 2 aromatic carbocycles. The summed E-state index contributed by atoms with van der Waals surface area (Å²) < 4.78 is 173. The number of alkyl halides is 8. The summed E-state index contributed by atoms with van der Waals surface area (Å²) in [5, 5.41) is 0. The SMILES string of the molecule is CC1(S(=O)(=O)c2cccc(C(F)(F)F)c2)CCOC(c2ccc(OC(F)F)nc2)C1.COc1cnc(C2CC(C)(S(=O)(=O)c3cccc(C(F)(F)F)c3)CCO2)cn1. The Labute approximate surface area is 328 Å². The molecule has 4 heterocycles. The minimum atomic E-state index is -4.67. The summed E-state index contributed by atoms with van der Waals surface area (Å²) in [6.07, 6.45) is -6.33. The number of aromatic nitrogens is 3. The fourth-order valence-corrected chi connectivity index (χ4v) is 10.1. The van der Waals surface area contributed by atoms with Gasteiger partial charge in [-0.2, -0.15) is 35.1 Å². The Bertz CT molecular complexity index is 2260. The van der Waals surface area contributed by atoms with Crippen molar-refractivity contribution in [2.75, 3.05) is 20.3 Å². The maximum atomic E-state index is 13.2. The van der Waals surface area contributed by atoms with Crippen LogP contribution in [0.25, 0.3) is 0 Å². The molecule has 4 atom stereocenters. The highest BCUT2D eigenvalue weighted by Gasteiger charge is 2.47. The molecular weight excluding hydrogens is 831 g/mol. The number of benzene rings is 2. The van der Waals surface area contributed by atoms with E-state index < -0.39 is 76.4 Å². The van der Waals surface area contributed by atoms with Gasteiger partial charge >= 0.3 is 19.0 Å². The van der Waals surface area contributed by atoms with Gasteiger partial charge in [-0.3, -0.25) is 4.98 Å². The van der Waals surface area contributed by atoms with E-state index in [1.165, 1.54) is 57.7 Å². The van der Waals surface area contributed by atoms with Gasteiger partial charge in [0.1, 0.15) is 6.10 Å². The van der Waals surface area contributed by atoms with Crippen LogP contribution >= 0.6 is 0 Å². The molecular formula is C37H37F8N3O8S2. The van der Waals surface area contributed by atoms with Crippen molar-refractivity contribution < 1.29 is 70.9 Å². The maximum Gasteiger partial charge on any atom is 0.416 e. The third kappa shape index (κ3) is 9.86. The van der Waals surface area contributed by atoms with Crippen LogP contribution in [0.5, 0.6) is 11.8 Å². The van der Waals surface area contributed by atoms with Crippen molar-refractivity contribution in [1.29, 1.82) is 0 Å². The Balaban J connectivity index is 0.000000221. The molecule has 316 valence electrons. The first-order chi connectivity index (χ1) is 27.0. The van der Waals surface area contributed by atoms with Crippen molar-refractivity contribution in [2.45, 2.75) is 90.0 Å². The Hall–Kier alpha value is -4.47. The molecule has 11 nitrogen and oxygen atoms in total. The van der Waals surface area contributed by atoms with Crippen LogP contribution in [0.3, 0.4) is 0 Å². The molecule has 0 aliphatic carbocycles. The Morgan fingerprint density at radius 3 is 1.62 bits per heavy atom. The molecule has 2 aromatic heterocycles. The second-order valence-electron chi connectivity index (χ2n) is 13.9. The number of halogens is 8. The van der Waals surface area contributed by atoms with Crippen molar-refractivity contribution in [3.63, 3.8) is 0 Å². The number of nitrogens with zero attached hydrogens (tertiary/aromatic N) is 3. The summed E-state index contributed by atoms with van der Waals surface area (Å²) in [6, 6.07) is 10.1. The van der Waals surface area contributed by atoms with Gasteiger partial charge in [0.25, 0.3) is 0 Å². The zero-order valence-corrected chi connectivity index (χ0v) is 32.6. The Morgan fingerprint density at radius 2 is 1.19 bits per heavy atom. The molecule has 2 saturated heterocycles. The lowest BCUT2D eigenvalue weighted by molar-refractivity contribution is -0.138. The lowest BCUT2D eigenvalue weighted by Gasteiger charge is -2.37. The van der Waals surface area contributed by atoms with Gasteiger partial charge < -0.3 is 18.9 Å². The number of rotatable bonds is 9. The average Bonchev–Trinajstić information content (AvgIpc) is 3.17. The number of sulfone groups is 2. The number of ether oxygens (including phenoxy) is 4. The van der Waals surface area contributed by atoms with Gasteiger partial charge in [-0.05, 0) is 87.6 Å². The molecule has 2 aliphatic heterocycles. The summed E-state index contributed by atoms with van der Waals surface area (Å²) in [5.74, 6) is 0.00261. The highest BCUT2D eigenvalue weighted by Crippen LogP contribution is 2.44. The normalized spacial score (nSPS) is 23.1. The van der Waals surface area contributed by atoms with E-state index >= 15 is 0 Å². The van der Waals surface area contributed by atoms with E-state index in [0.29, 0.717) is 29.3 Å². The minimum Gasteiger partial charge on any atom is -0.480 e. The fourth-order valence-electron chi connectivity index (χ4n) is 6.42. The van der Waals surface area contributed by atoms with E-state index in [4.69, 9.17) is 14.2 Å². The smallest absolute Gasteiger partial charge is 0.416 e. The van der Waals surface area contributed by atoms with Crippen LogP contribution in [0.1, 0.15) is 74.1 Å². The lowest BCUT2D eigenvalue weighted by atomic mass is 9.93. The van der Waals surface area contributed by atoms with E-state index in [1.54, 1.807) is 0 Å². The summed E-state index contributed by atoms with van der Waals surface area (Å²) in [6.45, 7) is 0.131. The first-order valence-corrected chi connectivity index (χ1v) is 20.3. The number of pyridine rings is 1. The number of methoxy groups -OCH3 is 1. The summed E-state index contributed by atoms with van der Waals surface area (Å²) in [5.41, 5.74) is -1.16. The van der Waals surface area contributed by atoms with Gasteiger partial charge in [-0.15, -0.1) is 0 Å². The molecule has 6 rings (SSSR count). The summed E-state index contributed by atoms with van der Waals surface area (Å²) in [7, 11) is -6.74. The molecule has 2 fully saturated rings. The largest absolute Gasteiger partial charge is 0.480 e. The lowest BCUT2D eigenvalue weighted by Crippen LogP contribution is -2.42. The van der Waals surface area contributed by atoms with Crippen LogP contribution < -0.4 is 9.47 Å². The van der Waals surface area contributed by atoms with Gasteiger partial charge in [-0.25, -0.2) is 26.8 Å². The van der Waals surface area contributed by atoms with Crippen LogP contribution in [-0.2, 0) is 41.5 Å². The molecule has 0 amide bonds. The molecule has 2 aliphatic rings. The molecule has 21 heteroatoms. The highest BCUT2D eigenvalue weighted by atomic mass is 32.2. The third-order valence-electron chi connectivity index (χ3n) is 9.90. The van der Waals surface area contributed by atoms with Crippen LogP contribution in [0, 0.1) is 0 Å². The molecule has 0 radical (unpaired) electrons. The maximum absolute atomic E-state index is 13.2. The first kappa shape index (κ1) is 44.6. The quantitative estimate of drug-likeness (QED) is 0.150. The van der Waals surface area contributed by atoms with E-state index in [2.05, 4.69) is 19.7 Å². The van der Waals surface area contributed by atoms with Crippen LogP contribution in [0.4, 0.5) is 35.1 Å². The van der Waals surface area contributed by atoms with E-state index in [9.17, 15) is 52.0 Å². The summed E-state index contributed by atoms with van der Waals surface area (Å²) >= 11 is 0. The monoisotopic (exact) mass is 867 g/mol. The topological polar surface area (TPSA) is 144 Å². The van der Waals surface area contributed by atoms with E-state index in [-0.39, 0.29) is 49.7 Å². The van der Waals surface area contributed by atoms with E-state index in [1.807, 2.05) is 0 Å². The molecule has 4 unspecified atom stereocenters. The van der Waals surface area contributed by atoms with Crippen LogP contribution in [0.2, 0.25) is 0 Å². The van der Waals surface area contributed by atoms with Gasteiger partial charge in [-0.1, -0.05) is 12.1 Å². The van der Waals surface area contributed by atoms with Crippen molar-refractivity contribution in [1.82, 2.24) is 15.0 Å². The van der Waals surface area contributed by atoms with Crippen molar-refractivity contribution in [3.05, 3.63) is 102 Å². The fraction of sp³-hybridized carbons (Fsp3) is 0.432. The third-order valence-corrected chi connectivity index (χ3v) is 15.0. The highest BCUT2D eigenvalue weighted by molar-refractivity contribution is 7.93. The van der Waals surface area contributed by atoms with Gasteiger partial charge in [0.05, 0.1) is 61.7 Å². The van der Waals surface area contributed by atoms with Crippen molar-refractivity contribution >= 4 is 19.7 Å². The Morgan fingerprint density at radius 1 is 0.690 bits per heavy atom. The predicted molar refractivity (Wildman–Crippen MR) is 189 cm³/mol. The molecule has 0 spiro atoms. The summed E-state index contributed by atoms with van der Waals surface area (Å²) in [4.78, 5) is 11.2. The molecule has 58 heavy (non-hydrogen) atoms. The zero-order valence-electron chi connectivity index (χ0n) is 30.9. The standard InChI is InChI=1S/C19H18F5NO4S.C18H19F3N2O4S/c1-18(30(26,27)14-4-2-3-13(9-14)19(22,23)24)7-8-28-15(10-18)12-5-6-16(25-11-12)29-17(20)21;1-17(28(24,25)13-5-3-4-12(8-13)18(19,20)21)6-7-27-15(9-17)14-10-23-16(26-2)11-22-14/h2-6,9,11,15,17H,7-8,10H2,1H3;3-5,8,10-11,15H,6-7,9H2,1-2H3. The molecule has 4 aromatic rings. The van der Waals surface area contributed by atoms with Crippen LogP contribution in [-0.4, -0.2) is 68.2 Å². The minimum absolute atomic E-state index is 0.0394. The average molecular weight is 868 g/mol. The van der Waals surface area contributed by atoms with Crippen molar-refractivity contribution in [3.8, 4) is 11.8 Å².